The average Bonchev–Trinajstić information content (AvgIpc) is 2.90. The van der Waals surface area contributed by atoms with Gasteiger partial charge in [-0.2, -0.15) is 0 Å². The third-order valence-electron chi connectivity index (χ3n) is 3.32. The van der Waals surface area contributed by atoms with Gasteiger partial charge in [0, 0.05) is 18.2 Å². The quantitative estimate of drug-likeness (QED) is 0.802. The molecule has 1 aromatic carbocycles. The Labute approximate surface area is 142 Å². The molecule has 6 nitrogen and oxygen atoms in total. The van der Waals surface area contributed by atoms with Gasteiger partial charge in [0.2, 0.25) is 10.0 Å². The SMILES string of the molecule is Cc1ccoc1C(=O)NCc1ccc(CS(=O)(=O)NC(C)C)cc1. The van der Waals surface area contributed by atoms with Crippen LogP contribution >= 0.6 is 0 Å². The van der Waals surface area contributed by atoms with Crippen molar-refractivity contribution in [3.8, 4) is 0 Å². The Kier molecular flexibility index (Phi) is 5.80. The molecule has 2 rings (SSSR count). The van der Waals surface area contributed by atoms with E-state index >= 15 is 0 Å². The number of amides is 1. The van der Waals surface area contributed by atoms with Crippen LogP contribution in [0.5, 0.6) is 0 Å². The number of hydrogen-bond donors (Lipinski definition) is 2. The highest BCUT2D eigenvalue weighted by molar-refractivity contribution is 7.88. The van der Waals surface area contributed by atoms with E-state index in [0.29, 0.717) is 17.9 Å². The second-order valence-electron chi connectivity index (χ2n) is 5.96. The van der Waals surface area contributed by atoms with E-state index in [0.717, 1.165) is 11.1 Å². The average molecular weight is 350 g/mol. The Morgan fingerprint density at radius 2 is 1.75 bits per heavy atom. The molecule has 7 heteroatoms. The standard InChI is InChI=1S/C17H22N2O4S/c1-12(2)19-24(21,22)11-15-6-4-14(5-7-15)10-18-17(20)16-13(3)8-9-23-16/h4-9,12,19H,10-11H2,1-3H3,(H,18,20). The van der Waals surface area contributed by atoms with E-state index in [1.54, 1.807) is 51.1 Å². The molecule has 0 fully saturated rings. The van der Waals surface area contributed by atoms with Crippen molar-refractivity contribution in [3.63, 3.8) is 0 Å². The lowest BCUT2D eigenvalue weighted by molar-refractivity contribution is 0.0922. The molecule has 0 saturated heterocycles. The number of nitrogens with one attached hydrogen (secondary N) is 2. The molecule has 0 unspecified atom stereocenters. The maximum absolute atomic E-state index is 12.0. The number of benzene rings is 1. The molecule has 24 heavy (non-hydrogen) atoms. The molecular weight excluding hydrogens is 328 g/mol. The van der Waals surface area contributed by atoms with Crippen LogP contribution < -0.4 is 10.0 Å². The van der Waals surface area contributed by atoms with Crippen LogP contribution in [0.25, 0.3) is 0 Å². The third-order valence-corrected chi connectivity index (χ3v) is 4.86. The fraction of sp³-hybridized carbons (Fsp3) is 0.353. The molecule has 2 aromatic rings. The summed E-state index contributed by atoms with van der Waals surface area (Å²) in [6.45, 7) is 5.71. The minimum absolute atomic E-state index is 0.0661. The Balaban J connectivity index is 1.93. The van der Waals surface area contributed by atoms with Gasteiger partial charge in [-0.05, 0) is 38.0 Å². The van der Waals surface area contributed by atoms with Crippen LogP contribution in [0.3, 0.4) is 0 Å². The van der Waals surface area contributed by atoms with E-state index in [4.69, 9.17) is 4.42 Å². The van der Waals surface area contributed by atoms with E-state index < -0.39 is 10.0 Å². The maximum atomic E-state index is 12.0. The third kappa shape index (κ3) is 5.21. The van der Waals surface area contributed by atoms with Gasteiger partial charge in [-0.1, -0.05) is 24.3 Å². The zero-order chi connectivity index (χ0) is 17.7. The second kappa shape index (κ2) is 7.63. The predicted octanol–water partition coefficient (Wildman–Crippen LogP) is 2.35. The molecule has 130 valence electrons. The van der Waals surface area contributed by atoms with Gasteiger partial charge in [0.1, 0.15) is 0 Å². The highest BCUT2D eigenvalue weighted by atomic mass is 32.2. The lowest BCUT2D eigenvalue weighted by Crippen LogP contribution is -2.31. The minimum atomic E-state index is -3.34. The first-order chi connectivity index (χ1) is 11.3. The van der Waals surface area contributed by atoms with Gasteiger partial charge >= 0.3 is 0 Å². The summed E-state index contributed by atoms with van der Waals surface area (Å²) in [4.78, 5) is 12.0. The number of carbonyl (C=O) groups is 1. The number of furan rings is 1. The van der Waals surface area contributed by atoms with Crippen LogP contribution in [0.15, 0.2) is 41.0 Å². The number of rotatable bonds is 7. The van der Waals surface area contributed by atoms with Crippen molar-refractivity contribution in [2.45, 2.75) is 39.1 Å². The van der Waals surface area contributed by atoms with Gasteiger partial charge in [-0.15, -0.1) is 0 Å². The highest BCUT2D eigenvalue weighted by Gasteiger charge is 2.14. The Morgan fingerprint density at radius 3 is 2.29 bits per heavy atom. The summed E-state index contributed by atoms with van der Waals surface area (Å²) < 4.78 is 31.5. The molecule has 0 spiro atoms. The van der Waals surface area contributed by atoms with E-state index in [9.17, 15) is 13.2 Å². The number of carbonyl (C=O) groups excluding carboxylic acids is 1. The van der Waals surface area contributed by atoms with Gasteiger partial charge < -0.3 is 9.73 Å². The number of aryl methyl sites for hydroxylation is 1. The second-order valence-corrected chi connectivity index (χ2v) is 7.72. The van der Waals surface area contributed by atoms with Crippen molar-refractivity contribution in [1.29, 1.82) is 0 Å². The van der Waals surface area contributed by atoms with Gasteiger partial charge in [-0.3, -0.25) is 4.79 Å². The topological polar surface area (TPSA) is 88.4 Å². The monoisotopic (exact) mass is 350 g/mol. The molecule has 1 heterocycles. The summed E-state index contributed by atoms with van der Waals surface area (Å²) in [7, 11) is -3.34. The van der Waals surface area contributed by atoms with Gasteiger partial charge in [0.25, 0.3) is 5.91 Å². The Bertz CT molecular complexity index is 792. The van der Waals surface area contributed by atoms with Crippen LogP contribution in [-0.2, 0) is 22.3 Å². The fourth-order valence-electron chi connectivity index (χ4n) is 2.24. The number of hydrogen-bond acceptors (Lipinski definition) is 4. The van der Waals surface area contributed by atoms with Crippen molar-refractivity contribution < 1.29 is 17.6 Å². The largest absolute Gasteiger partial charge is 0.459 e. The van der Waals surface area contributed by atoms with Crippen LogP contribution in [0.1, 0.15) is 41.1 Å². The van der Waals surface area contributed by atoms with E-state index in [2.05, 4.69) is 10.0 Å². The molecule has 0 bridgehead atoms. The molecule has 0 aliphatic heterocycles. The molecular formula is C17H22N2O4S. The highest BCUT2D eigenvalue weighted by Crippen LogP contribution is 2.10. The van der Waals surface area contributed by atoms with Crippen molar-refractivity contribution in [3.05, 3.63) is 59.0 Å². The lowest BCUT2D eigenvalue weighted by atomic mass is 10.1. The summed E-state index contributed by atoms with van der Waals surface area (Å²) in [5.41, 5.74) is 2.36. The smallest absolute Gasteiger partial charge is 0.287 e. The first kappa shape index (κ1) is 18.2. The molecule has 0 saturated carbocycles. The summed E-state index contributed by atoms with van der Waals surface area (Å²) in [5, 5.41) is 2.77. The van der Waals surface area contributed by atoms with E-state index in [1.807, 2.05) is 0 Å². The predicted molar refractivity (Wildman–Crippen MR) is 92.0 cm³/mol. The van der Waals surface area contributed by atoms with Crippen molar-refractivity contribution in [1.82, 2.24) is 10.0 Å². The lowest BCUT2D eigenvalue weighted by Gasteiger charge is -2.10. The molecule has 1 aromatic heterocycles. The van der Waals surface area contributed by atoms with Gasteiger partial charge in [0.05, 0.1) is 12.0 Å². The van der Waals surface area contributed by atoms with E-state index in [-0.39, 0.29) is 17.7 Å². The fourth-order valence-corrected chi connectivity index (χ4v) is 3.67. The molecule has 0 atom stereocenters. The molecule has 0 aliphatic carbocycles. The Morgan fingerprint density at radius 1 is 1.12 bits per heavy atom. The van der Waals surface area contributed by atoms with Crippen LogP contribution in [0, 0.1) is 6.92 Å². The summed E-state index contributed by atoms with van der Waals surface area (Å²) >= 11 is 0. The molecule has 0 radical (unpaired) electrons. The van der Waals surface area contributed by atoms with Crippen LogP contribution in [0.4, 0.5) is 0 Å². The van der Waals surface area contributed by atoms with Crippen molar-refractivity contribution >= 4 is 15.9 Å². The summed E-state index contributed by atoms with van der Waals surface area (Å²) in [6.07, 6.45) is 1.48. The van der Waals surface area contributed by atoms with Crippen molar-refractivity contribution in [2.75, 3.05) is 0 Å². The molecule has 1 amide bonds. The normalized spacial score (nSPS) is 11.7. The van der Waals surface area contributed by atoms with Crippen molar-refractivity contribution in [2.24, 2.45) is 0 Å². The zero-order valence-corrected chi connectivity index (χ0v) is 14.8. The van der Waals surface area contributed by atoms with Gasteiger partial charge in [-0.25, -0.2) is 13.1 Å². The Hall–Kier alpha value is -2.12. The minimum Gasteiger partial charge on any atom is -0.459 e. The first-order valence-corrected chi connectivity index (χ1v) is 9.32. The molecule has 2 N–H and O–H groups in total. The summed E-state index contributed by atoms with van der Waals surface area (Å²) in [6, 6.07) is 8.70. The van der Waals surface area contributed by atoms with Crippen LogP contribution in [-0.4, -0.2) is 20.4 Å². The van der Waals surface area contributed by atoms with Gasteiger partial charge in [0.15, 0.2) is 5.76 Å². The first-order valence-electron chi connectivity index (χ1n) is 7.67. The summed E-state index contributed by atoms with van der Waals surface area (Å²) in [5.74, 6) is -0.0357. The molecule has 0 aliphatic rings. The van der Waals surface area contributed by atoms with E-state index in [1.165, 1.54) is 6.26 Å². The maximum Gasteiger partial charge on any atom is 0.287 e. The zero-order valence-electron chi connectivity index (χ0n) is 14.0. The number of sulfonamides is 1. The van der Waals surface area contributed by atoms with Crippen LogP contribution in [0.2, 0.25) is 0 Å².